The summed E-state index contributed by atoms with van der Waals surface area (Å²) in [4.78, 5) is 20.3. The summed E-state index contributed by atoms with van der Waals surface area (Å²) in [7, 11) is 1.07. The van der Waals surface area contributed by atoms with Gasteiger partial charge in [-0.1, -0.05) is 47.5 Å². The molecular weight excluding hydrogens is 421 g/mol. The SMILES string of the molecule is COC(=O)C(CCC/N=C/c1ccc(Cl)cc1)(/N=C/c1ccc(Cl)cc1)C(F)F. The monoisotopic (exact) mass is 440 g/mol. The van der Waals surface area contributed by atoms with Gasteiger partial charge in [0.25, 0.3) is 6.43 Å². The average Bonchev–Trinajstić information content (AvgIpc) is 2.72. The van der Waals surface area contributed by atoms with Gasteiger partial charge in [0.2, 0.25) is 5.54 Å². The smallest absolute Gasteiger partial charge is 0.339 e. The maximum atomic E-state index is 13.9. The van der Waals surface area contributed by atoms with Crippen LogP contribution in [-0.2, 0) is 9.53 Å². The summed E-state index contributed by atoms with van der Waals surface area (Å²) in [6, 6.07) is 13.5. The van der Waals surface area contributed by atoms with E-state index in [1.807, 2.05) is 0 Å². The summed E-state index contributed by atoms with van der Waals surface area (Å²) in [5.41, 5.74) is -0.906. The lowest BCUT2D eigenvalue weighted by Crippen LogP contribution is -2.45. The van der Waals surface area contributed by atoms with Gasteiger partial charge in [-0.05, 0) is 48.2 Å². The van der Waals surface area contributed by atoms with Crippen LogP contribution in [0.5, 0.6) is 0 Å². The minimum absolute atomic E-state index is 0.209. The van der Waals surface area contributed by atoms with Crippen molar-refractivity contribution in [2.45, 2.75) is 24.8 Å². The number of carbonyl (C=O) groups excluding carboxylic acids is 1. The van der Waals surface area contributed by atoms with E-state index >= 15 is 0 Å². The van der Waals surface area contributed by atoms with E-state index in [1.165, 1.54) is 6.21 Å². The normalized spacial score (nSPS) is 13.9. The first kappa shape index (κ1) is 23.0. The molecule has 0 aliphatic carbocycles. The average molecular weight is 441 g/mol. The van der Waals surface area contributed by atoms with Gasteiger partial charge in [-0.2, -0.15) is 0 Å². The minimum atomic E-state index is -3.03. The van der Waals surface area contributed by atoms with Crippen molar-refractivity contribution in [3.05, 3.63) is 69.7 Å². The summed E-state index contributed by atoms with van der Waals surface area (Å²) >= 11 is 11.6. The van der Waals surface area contributed by atoms with Crippen LogP contribution in [0.4, 0.5) is 8.78 Å². The van der Waals surface area contributed by atoms with Gasteiger partial charge < -0.3 is 4.74 Å². The molecular formula is C21H20Cl2F2N2O2. The first-order chi connectivity index (χ1) is 13.9. The van der Waals surface area contributed by atoms with Gasteiger partial charge in [0.15, 0.2) is 0 Å². The van der Waals surface area contributed by atoms with Crippen LogP contribution in [-0.4, -0.2) is 44.0 Å². The Labute approximate surface area is 178 Å². The molecule has 0 radical (unpaired) electrons. The molecule has 2 aromatic carbocycles. The Morgan fingerprint density at radius 3 is 2.03 bits per heavy atom. The van der Waals surface area contributed by atoms with Gasteiger partial charge >= 0.3 is 5.97 Å². The van der Waals surface area contributed by atoms with Crippen LogP contribution < -0.4 is 0 Å². The van der Waals surface area contributed by atoms with Crippen LogP contribution in [0.3, 0.4) is 0 Å². The van der Waals surface area contributed by atoms with E-state index < -0.39 is 17.9 Å². The van der Waals surface area contributed by atoms with Crippen molar-refractivity contribution in [2.24, 2.45) is 9.98 Å². The molecule has 1 atom stereocenters. The molecule has 0 bridgehead atoms. The van der Waals surface area contributed by atoms with Crippen LogP contribution in [0, 0.1) is 0 Å². The highest BCUT2D eigenvalue weighted by molar-refractivity contribution is 6.30. The van der Waals surface area contributed by atoms with E-state index in [9.17, 15) is 13.6 Å². The van der Waals surface area contributed by atoms with Gasteiger partial charge in [-0.25, -0.2) is 13.6 Å². The molecule has 154 valence electrons. The lowest BCUT2D eigenvalue weighted by molar-refractivity contribution is -0.153. The quantitative estimate of drug-likeness (QED) is 0.294. The minimum Gasteiger partial charge on any atom is -0.467 e. The lowest BCUT2D eigenvalue weighted by atomic mass is 9.94. The standard InChI is InChI=1S/C21H20Cl2F2N2O2/c1-29-20(28)21(19(24)25,27-14-16-5-9-18(23)10-6-16)11-2-12-26-13-15-3-7-17(22)8-4-15/h3-10,13-14,19H,2,11-12H2,1H3/b26-13+,27-14+. The molecule has 1 unspecified atom stereocenters. The second kappa shape index (κ2) is 11.0. The van der Waals surface area contributed by atoms with Gasteiger partial charge in [-0.3, -0.25) is 9.98 Å². The molecule has 0 N–H and O–H groups in total. The number of rotatable bonds is 9. The van der Waals surface area contributed by atoms with Gasteiger partial charge in [-0.15, -0.1) is 0 Å². The lowest BCUT2D eigenvalue weighted by Gasteiger charge is -2.25. The number of methoxy groups -OCH3 is 1. The van der Waals surface area contributed by atoms with Crippen LogP contribution in [0.1, 0.15) is 24.0 Å². The Morgan fingerprint density at radius 1 is 1.03 bits per heavy atom. The van der Waals surface area contributed by atoms with Crippen molar-refractivity contribution in [1.82, 2.24) is 0 Å². The van der Waals surface area contributed by atoms with Gasteiger partial charge in [0, 0.05) is 29.0 Å². The molecule has 0 heterocycles. The third kappa shape index (κ3) is 6.61. The van der Waals surface area contributed by atoms with E-state index in [-0.39, 0.29) is 19.4 Å². The number of halogens is 4. The van der Waals surface area contributed by atoms with Gasteiger partial charge in [0.05, 0.1) is 7.11 Å². The van der Waals surface area contributed by atoms with Gasteiger partial charge in [0.1, 0.15) is 0 Å². The topological polar surface area (TPSA) is 51.0 Å². The Hall–Kier alpha value is -2.31. The molecule has 2 rings (SSSR count). The number of alkyl halides is 2. The predicted molar refractivity (Wildman–Crippen MR) is 113 cm³/mol. The van der Waals surface area contributed by atoms with E-state index in [2.05, 4.69) is 14.7 Å². The number of hydrogen-bond donors (Lipinski definition) is 0. The number of hydrogen-bond acceptors (Lipinski definition) is 4. The largest absolute Gasteiger partial charge is 0.467 e. The number of carbonyl (C=O) groups is 1. The van der Waals surface area contributed by atoms with E-state index in [0.29, 0.717) is 15.6 Å². The molecule has 0 aromatic heterocycles. The van der Waals surface area contributed by atoms with Crippen molar-refractivity contribution >= 4 is 41.6 Å². The number of esters is 1. The number of aliphatic imine (C=N–C) groups is 2. The van der Waals surface area contributed by atoms with Crippen molar-refractivity contribution in [3.8, 4) is 0 Å². The van der Waals surface area contributed by atoms with Crippen LogP contribution in [0.25, 0.3) is 0 Å². The Bertz CT molecular complexity index is 856. The molecule has 0 saturated heterocycles. The highest BCUT2D eigenvalue weighted by Crippen LogP contribution is 2.28. The molecule has 0 amide bonds. The second-order valence-electron chi connectivity index (χ2n) is 6.22. The molecule has 0 fully saturated rings. The fourth-order valence-corrected chi connectivity index (χ4v) is 2.80. The van der Waals surface area contributed by atoms with E-state index in [1.54, 1.807) is 54.7 Å². The zero-order chi connectivity index (χ0) is 21.3. The first-order valence-electron chi connectivity index (χ1n) is 8.80. The molecule has 0 spiro atoms. The fraction of sp³-hybridized carbons (Fsp3) is 0.286. The molecule has 0 saturated carbocycles. The number of nitrogens with zero attached hydrogens (tertiary/aromatic N) is 2. The second-order valence-corrected chi connectivity index (χ2v) is 7.09. The highest BCUT2D eigenvalue weighted by atomic mass is 35.5. The van der Waals surface area contributed by atoms with Crippen LogP contribution in [0.15, 0.2) is 58.5 Å². The van der Waals surface area contributed by atoms with Crippen molar-refractivity contribution in [2.75, 3.05) is 13.7 Å². The van der Waals surface area contributed by atoms with Crippen molar-refractivity contribution in [3.63, 3.8) is 0 Å². The molecule has 0 aliphatic rings. The maximum absolute atomic E-state index is 13.9. The molecule has 8 heteroatoms. The summed E-state index contributed by atoms with van der Waals surface area (Å²) in [6.45, 7) is 0.255. The molecule has 4 nitrogen and oxygen atoms in total. The third-order valence-corrected chi connectivity index (χ3v) is 4.67. The fourth-order valence-electron chi connectivity index (χ4n) is 2.55. The zero-order valence-electron chi connectivity index (χ0n) is 15.7. The molecule has 29 heavy (non-hydrogen) atoms. The van der Waals surface area contributed by atoms with E-state index in [0.717, 1.165) is 12.7 Å². The Morgan fingerprint density at radius 2 is 1.55 bits per heavy atom. The Balaban J connectivity index is 2.09. The van der Waals surface area contributed by atoms with Crippen molar-refractivity contribution in [1.29, 1.82) is 0 Å². The molecule has 0 aliphatic heterocycles. The summed E-state index contributed by atoms with van der Waals surface area (Å²) in [5, 5.41) is 1.12. The van der Waals surface area contributed by atoms with Crippen LogP contribution >= 0.6 is 23.2 Å². The summed E-state index contributed by atoms with van der Waals surface area (Å²) < 4.78 is 32.4. The predicted octanol–water partition coefficient (Wildman–Crippen LogP) is 5.49. The maximum Gasteiger partial charge on any atom is 0.339 e. The third-order valence-electron chi connectivity index (χ3n) is 4.17. The zero-order valence-corrected chi connectivity index (χ0v) is 17.2. The highest BCUT2D eigenvalue weighted by Gasteiger charge is 2.47. The summed E-state index contributed by atoms with van der Waals surface area (Å²) in [6.07, 6.45) is -0.161. The molecule has 2 aromatic rings. The summed E-state index contributed by atoms with van der Waals surface area (Å²) in [5.74, 6) is -1.08. The Kier molecular flexibility index (Phi) is 8.73. The van der Waals surface area contributed by atoms with Crippen molar-refractivity contribution < 1.29 is 18.3 Å². The number of benzene rings is 2. The first-order valence-corrected chi connectivity index (χ1v) is 9.56. The van der Waals surface area contributed by atoms with Crippen LogP contribution in [0.2, 0.25) is 10.0 Å². The van der Waals surface area contributed by atoms with E-state index in [4.69, 9.17) is 23.2 Å². The number of ether oxygens (including phenoxy) is 1.